The van der Waals surface area contributed by atoms with Crippen LogP contribution >= 0.6 is 11.3 Å². The third-order valence-electron chi connectivity index (χ3n) is 3.21. The average Bonchev–Trinajstić information content (AvgIpc) is 2.95. The number of nitrogens with zero attached hydrogens (tertiary/aromatic N) is 2. The summed E-state index contributed by atoms with van der Waals surface area (Å²) in [5.74, 6) is 0. The molecule has 3 aromatic rings. The zero-order chi connectivity index (χ0) is 13.9. The maximum atomic E-state index is 6.20. The van der Waals surface area contributed by atoms with Gasteiger partial charge in [0.15, 0.2) is 0 Å². The number of nitrogens with one attached hydrogen (secondary N) is 1. The average molecular weight is 284 g/mol. The third kappa shape index (κ3) is 2.44. The highest BCUT2D eigenvalue weighted by Gasteiger charge is 2.06. The van der Waals surface area contributed by atoms with Crippen LogP contribution in [-0.2, 0) is 13.0 Å². The monoisotopic (exact) mass is 284 g/mol. The number of pyridine rings is 1. The van der Waals surface area contributed by atoms with Gasteiger partial charge in [-0.15, -0.1) is 11.3 Å². The molecule has 0 aliphatic heterocycles. The Hall–Kier alpha value is -2.14. The Labute approximate surface area is 121 Å². The molecule has 0 aliphatic carbocycles. The summed E-state index contributed by atoms with van der Waals surface area (Å²) in [7, 11) is 0. The summed E-state index contributed by atoms with van der Waals surface area (Å²) in [6.07, 6.45) is 4.74. The molecule has 0 aliphatic rings. The number of nitrogen functional groups attached to an aromatic ring is 1. The van der Waals surface area contributed by atoms with E-state index in [1.165, 1.54) is 4.88 Å². The smallest absolute Gasteiger partial charge is 0.112 e. The van der Waals surface area contributed by atoms with Crippen LogP contribution in [0.2, 0.25) is 0 Å². The largest absolute Gasteiger partial charge is 0.397 e. The van der Waals surface area contributed by atoms with Crippen molar-refractivity contribution in [2.45, 2.75) is 19.9 Å². The van der Waals surface area contributed by atoms with Crippen LogP contribution < -0.4 is 11.1 Å². The summed E-state index contributed by atoms with van der Waals surface area (Å²) >= 11 is 1.73. The van der Waals surface area contributed by atoms with Crippen LogP contribution in [0.5, 0.6) is 0 Å². The van der Waals surface area contributed by atoms with Gasteiger partial charge in [-0.2, -0.15) is 0 Å². The molecule has 3 rings (SSSR count). The van der Waals surface area contributed by atoms with Crippen molar-refractivity contribution in [1.29, 1.82) is 0 Å². The second-order valence-corrected chi connectivity index (χ2v) is 5.72. The Morgan fingerprint density at radius 1 is 1.25 bits per heavy atom. The quantitative estimate of drug-likeness (QED) is 0.720. The van der Waals surface area contributed by atoms with Gasteiger partial charge in [-0.05, 0) is 30.7 Å². The van der Waals surface area contributed by atoms with Crippen LogP contribution in [-0.4, -0.2) is 9.97 Å². The van der Waals surface area contributed by atoms with Gasteiger partial charge < -0.3 is 11.1 Å². The van der Waals surface area contributed by atoms with Crippen LogP contribution in [0.4, 0.5) is 11.4 Å². The Kier molecular flexibility index (Phi) is 3.52. The molecule has 2 heterocycles. The van der Waals surface area contributed by atoms with Gasteiger partial charge in [0.1, 0.15) is 5.01 Å². The molecule has 0 saturated heterocycles. The van der Waals surface area contributed by atoms with Gasteiger partial charge in [-0.25, -0.2) is 4.98 Å². The minimum absolute atomic E-state index is 0.695. The van der Waals surface area contributed by atoms with Crippen molar-refractivity contribution in [1.82, 2.24) is 9.97 Å². The highest BCUT2D eigenvalue weighted by molar-refractivity contribution is 7.11. The Balaban J connectivity index is 1.82. The van der Waals surface area contributed by atoms with E-state index in [1.54, 1.807) is 17.5 Å². The number of thiazole rings is 1. The first-order valence-electron chi connectivity index (χ1n) is 6.58. The van der Waals surface area contributed by atoms with E-state index in [9.17, 15) is 0 Å². The van der Waals surface area contributed by atoms with Crippen molar-refractivity contribution in [3.63, 3.8) is 0 Å². The SMILES string of the molecule is CCc1cnc(CNc2ccc3ncccc3c2N)s1. The topological polar surface area (TPSA) is 63.8 Å². The maximum absolute atomic E-state index is 6.20. The Morgan fingerprint density at radius 2 is 2.15 bits per heavy atom. The molecule has 0 spiro atoms. The molecule has 0 fully saturated rings. The molecule has 3 N–H and O–H groups in total. The number of benzene rings is 1. The van der Waals surface area contributed by atoms with Crippen molar-refractivity contribution in [3.8, 4) is 0 Å². The third-order valence-corrected chi connectivity index (χ3v) is 4.35. The minimum atomic E-state index is 0.695. The van der Waals surface area contributed by atoms with E-state index < -0.39 is 0 Å². The van der Waals surface area contributed by atoms with Gasteiger partial charge in [-0.3, -0.25) is 4.98 Å². The molecule has 1 aromatic carbocycles. The van der Waals surface area contributed by atoms with Gasteiger partial charge in [-0.1, -0.05) is 6.92 Å². The Bertz CT molecular complexity index is 736. The molecule has 0 radical (unpaired) electrons. The van der Waals surface area contributed by atoms with Gasteiger partial charge >= 0.3 is 0 Å². The molecule has 0 atom stereocenters. The zero-order valence-electron chi connectivity index (χ0n) is 11.3. The van der Waals surface area contributed by atoms with E-state index in [2.05, 4.69) is 22.2 Å². The number of hydrogen-bond acceptors (Lipinski definition) is 5. The van der Waals surface area contributed by atoms with Crippen molar-refractivity contribution >= 4 is 33.6 Å². The number of anilines is 2. The minimum Gasteiger partial charge on any atom is -0.397 e. The molecule has 102 valence electrons. The number of aryl methyl sites for hydroxylation is 1. The van der Waals surface area contributed by atoms with E-state index in [-0.39, 0.29) is 0 Å². The van der Waals surface area contributed by atoms with Gasteiger partial charge in [0.05, 0.1) is 23.4 Å². The highest BCUT2D eigenvalue weighted by Crippen LogP contribution is 2.28. The molecule has 0 saturated carbocycles. The van der Waals surface area contributed by atoms with E-state index in [0.717, 1.165) is 33.7 Å². The lowest BCUT2D eigenvalue weighted by molar-refractivity contribution is 1.10. The first-order valence-corrected chi connectivity index (χ1v) is 7.40. The second-order valence-electron chi connectivity index (χ2n) is 4.52. The first kappa shape index (κ1) is 12.9. The molecule has 2 aromatic heterocycles. The van der Waals surface area contributed by atoms with Gasteiger partial charge in [0, 0.05) is 22.7 Å². The number of rotatable bonds is 4. The van der Waals surface area contributed by atoms with Crippen LogP contribution in [0, 0.1) is 0 Å². The predicted molar refractivity (Wildman–Crippen MR) is 85.0 cm³/mol. The highest BCUT2D eigenvalue weighted by atomic mass is 32.1. The number of aromatic nitrogens is 2. The lowest BCUT2D eigenvalue weighted by atomic mass is 10.1. The summed E-state index contributed by atoms with van der Waals surface area (Å²) in [6.45, 7) is 2.83. The standard InChI is InChI=1S/C15H16N4S/c1-2-10-8-19-14(20-10)9-18-13-6-5-12-11(15(13)16)4-3-7-17-12/h3-8,18H,2,9,16H2,1H3. The molecule has 5 heteroatoms. The van der Waals surface area contributed by atoms with Gasteiger partial charge in [0.2, 0.25) is 0 Å². The summed E-state index contributed by atoms with van der Waals surface area (Å²) < 4.78 is 0. The number of fused-ring (bicyclic) bond motifs is 1. The van der Waals surface area contributed by atoms with E-state index in [1.807, 2.05) is 30.5 Å². The molecule has 20 heavy (non-hydrogen) atoms. The predicted octanol–water partition coefficient (Wildman–Crippen LogP) is 3.45. The zero-order valence-corrected chi connectivity index (χ0v) is 12.1. The Morgan fingerprint density at radius 3 is 2.95 bits per heavy atom. The summed E-state index contributed by atoms with van der Waals surface area (Å²) in [4.78, 5) is 10.00. The lowest BCUT2D eigenvalue weighted by Crippen LogP contribution is -2.02. The molecule has 4 nitrogen and oxygen atoms in total. The van der Waals surface area contributed by atoms with E-state index >= 15 is 0 Å². The van der Waals surface area contributed by atoms with E-state index in [4.69, 9.17) is 5.73 Å². The molecular formula is C15H16N4S. The van der Waals surface area contributed by atoms with Crippen LogP contribution in [0.1, 0.15) is 16.8 Å². The van der Waals surface area contributed by atoms with Crippen LogP contribution in [0.3, 0.4) is 0 Å². The second kappa shape index (κ2) is 5.46. The fourth-order valence-electron chi connectivity index (χ4n) is 2.09. The molecular weight excluding hydrogens is 268 g/mol. The van der Waals surface area contributed by atoms with Crippen LogP contribution in [0.25, 0.3) is 10.9 Å². The van der Waals surface area contributed by atoms with Crippen molar-refractivity contribution in [3.05, 3.63) is 46.5 Å². The number of nitrogens with two attached hydrogens (primary N) is 1. The maximum Gasteiger partial charge on any atom is 0.112 e. The normalized spacial score (nSPS) is 10.8. The van der Waals surface area contributed by atoms with Crippen molar-refractivity contribution in [2.75, 3.05) is 11.1 Å². The molecule has 0 unspecified atom stereocenters. The summed E-state index contributed by atoms with van der Waals surface area (Å²) in [5.41, 5.74) is 8.78. The molecule has 0 amide bonds. The molecule has 0 bridgehead atoms. The van der Waals surface area contributed by atoms with Crippen LogP contribution in [0.15, 0.2) is 36.7 Å². The van der Waals surface area contributed by atoms with Gasteiger partial charge in [0.25, 0.3) is 0 Å². The van der Waals surface area contributed by atoms with Crippen molar-refractivity contribution < 1.29 is 0 Å². The van der Waals surface area contributed by atoms with E-state index in [0.29, 0.717) is 6.54 Å². The number of hydrogen-bond donors (Lipinski definition) is 2. The lowest BCUT2D eigenvalue weighted by Gasteiger charge is -2.10. The fraction of sp³-hybridized carbons (Fsp3) is 0.200. The summed E-state index contributed by atoms with van der Waals surface area (Å²) in [5, 5.41) is 5.41. The first-order chi connectivity index (χ1) is 9.78. The van der Waals surface area contributed by atoms with Crippen molar-refractivity contribution in [2.24, 2.45) is 0 Å². The fourth-order valence-corrected chi connectivity index (χ4v) is 2.90. The summed E-state index contributed by atoms with van der Waals surface area (Å²) in [6, 6.07) is 7.84.